The zero-order valence-corrected chi connectivity index (χ0v) is 18.8. The van der Waals surface area contributed by atoms with Crippen LogP contribution < -0.4 is 17.0 Å². The number of carbonyl (C=O) groups is 1. The van der Waals surface area contributed by atoms with Gasteiger partial charge >= 0.3 is 5.69 Å². The highest BCUT2D eigenvalue weighted by atomic mass is 32.2. The maximum atomic E-state index is 13.0. The second kappa shape index (κ2) is 9.34. The number of nitrogens with zero attached hydrogens (tertiary/aromatic N) is 5. The predicted molar refractivity (Wildman–Crippen MR) is 121 cm³/mol. The average molecular weight is 443 g/mol. The first-order chi connectivity index (χ1) is 14.8. The molecule has 9 nitrogen and oxygen atoms in total. The highest BCUT2D eigenvalue weighted by Gasteiger charge is 2.23. The summed E-state index contributed by atoms with van der Waals surface area (Å²) in [6, 6.07) is 9.65. The summed E-state index contributed by atoms with van der Waals surface area (Å²) in [6.45, 7) is 6.76. The SMILES string of the molecule is CCn1c(SCC(=O)c2c(N)n(CC(C)C)c(=O)n(C)c2=O)nnc1-c1ccccc1. The van der Waals surface area contributed by atoms with Gasteiger partial charge in [-0.05, 0) is 12.8 Å². The lowest BCUT2D eigenvalue weighted by Crippen LogP contribution is -2.43. The lowest BCUT2D eigenvalue weighted by molar-refractivity contribution is 0.102. The van der Waals surface area contributed by atoms with Gasteiger partial charge in [-0.3, -0.25) is 18.7 Å². The number of nitrogen functional groups attached to an aromatic ring is 1. The number of Topliss-reactive ketones (excluding diaryl/α,β-unsaturated/α-hetero) is 1. The van der Waals surface area contributed by atoms with Gasteiger partial charge in [0.2, 0.25) is 0 Å². The fraction of sp³-hybridized carbons (Fsp3) is 0.381. The summed E-state index contributed by atoms with van der Waals surface area (Å²) in [7, 11) is 1.35. The van der Waals surface area contributed by atoms with Crippen molar-refractivity contribution in [3.05, 3.63) is 56.7 Å². The second-order valence-corrected chi connectivity index (χ2v) is 8.48. The van der Waals surface area contributed by atoms with Gasteiger partial charge in [0.1, 0.15) is 11.4 Å². The van der Waals surface area contributed by atoms with Crippen LogP contribution in [0.25, 0.3) is 11.4 Å². The molecular weight excluding hydrogens is 416 g/mol. The topological polar surface area (TPSA) is 118 Å². The number of hydrogen-bond acceptors (Lipinski definition) is 7. The van der Waals surface area contributed by atoms with E-state index in [2.05, 4.69) is 10.2 Å². The van der Waals surface area contributed by atoms with E-state index in [1.165, 1.54) is 23.4 Å². The number of anilines is 1. The number of carbonyl (C=O) groups excluding carboxylic acids is 1. The first-order valence-corrected chi connectivity index (χ1v) is 11.0. The molecule has 0 atom stereocenters. The van der Waals surface area contributed by atoms with E-state index < -0.39 is 17.0 Å². The fourth-order valence-corrected chi connectivity index (χ4v) is 4.14. The number of aromatic nitrogens is 5. The minimum atomic E-state index is -0.685. The molecule has 0 amide bonds. The smallest absolute Gasteiger partial charge is 0.332 e. The van der Waals surface area contributed by atoms with Crippen molar-refractivity contribution in [1.82, 2.24) is 23.9 Å². The molecule has 0 aliphatic rings. The molecule has 0 fully saturated rings. The summed E-state index contributed by atoms with van der Waals surface area (Å²) >= 11 is 1.19. The van der Waals surface area contributed by atoms with Crippen molar-refractivity contribution in [3.8, 4) is 11.4 Å². The van der Waals surface area contributed by atoms with Crippen LogP contribution in [0.2, 0.25) is 0 Å². The lowest BCUT2D eigenvalue weighted by Gasteiger charge is -2.16. The van der Waals surface area contributed by atoms with Gasteiger partial charge in [-0.15, -0.1) is 10.2 Å². The normalized spacial score (nSPS) is 11.3. The molecule has 10 heteroatoms. The number of nitrogens with two attached hydrogens (primary N) is 1. The van der Waals surface area contributed by atoms with Crippen molar-refractivity contribution < 1.29 is 4.79 Å². The van der Waals surface area contributed by atoms with Crippen LogP contribution in [0.15, 0.2) is 45.1 Å². The Morgan fingerprint density at radius 1 is 1.13 bits per heavy atom. The van der Waals surface area contributed by atoms with E-state index in [-0.39, 0.29) is 23.1 Å². The Kier molecular flexibility index (Phi) is 6.79. The van der Waals surface area contributed by atoms with Gasteiger partial charge in [-0.25, -0.2) is 4.79 Å². The predicted octanol–water partition coefficient (Wildman–Crippen LogP) is 2.04. The molecule has 0 radical (unpaired) electrons. The molecule has 31 heavy (non-hydrogen) atoms. The third-order valence-electron chi connectivity index (χ3n) is 4.81. The summed E-state index contributed by atoms with van der Waals surface area (Å²) in [5.41, 5.74) is 5.64. The molecule has 0 bridgehead atoms. The standard InChI is InChI=1S/C21H26N6O3S/c1-5-26-18(14-9-7-6-8-10-14)23-24-20(26)31-12-15(28)16-17(22)27(11-13(2)3)21(30)25(4)19(16)29/h6-10,13H,5,11-12,22H2,1-4H3. The van der Waals surface area contributed by atoms with Crippen LogP contribution in [0.1, 0.15) is 31.1 Å². The third-order valence-corrected chi connectivity index (χ3v) is 5.77. The van der Waals surface area contributed by atoms with Crippen LogP contribution in [0.4, 0.5) is 5.82 Å². The van der Waals surface area contributed by atoms with Gasteiger partial charge in [0.15, 0.2) is 16.8 Å². The van der Waals surface area contributed by atoms with Crippen LogP contribution in [-0.4, -0.2) is 35.4 Å². The van der Waals surface area contributed by atoms with Crippen molar-refractivity contribution in [1.29, 1.82) is 0 Å². The summed E-state index contributed by atoms with van der Waals surface area (Å²) in [5, 5.41) is 9.05. The minimum absolute atomic E-state index is 0.0494. The van der Waals surface area contributed by atoms with Crippen LogP contribution >= 0.6 is 11.8 Å². The lowest BCUT2D eigenvalue weighted by atomic mass is 10.2. The Labute approximate surface area is 183 Å². The molecule has 2 aromatic heterocycles. The largest absolute Gasteiger partial charge is 0.384 e. The van der Waals surface area contributed by atoms with Gasteiger partial charge in [0, 0.05) is 25.7 Å². The number of hydrogen-bond donors (Lipinski definition) is 1. The van der Waals surface area contributed by atoms with Crippen molar-refractivity contribution in [3.63, 3.8) is 0 Å². The molecule has 0 saturated carbocycles. The van der Waals surface area contributed by atoms with E-state index in [9.17, 15) is 14.4 Å². The summed E-state index contributed by atoms with van der Waals surface area (Å²) in [5.74, 6) is 0.238. The minimum Gasteiger partial charge on any atom is -0.384 e. The zero-order valence-electron chi connectivity index (χ0n) is 18.0. The van der Waals surface area contributed by atoms with Crippen molar-refractivity contribution in [2.24, 2.45) is 13.0 Å². The number of rotatable bonds is 8. The molecule has 0 spiro atoms. The Morgan fingerprint density at radius 3 is 2.42 bits per heavy atom. The Bertz CT molecular complexity index is 1210. The molecule has 3 rings (SSSR count). The molecule has 2 N–H and O–H groups in total. The molecule has 0 aliphatic heterocycles. The summed E-state index contributed by atoms with van der Waals surface area (Å²) in [6.07, 6.45) is 0. The second-order valence-electron chi connectivity index (χ2n) is 7.54. The Balaban J connectivity index is 1.90. The molecule has 3 aromatic rings. The third kappa shape index (κ3) is 4.48. The highest BCUT2D eigenvalue weighted by molar-refractivity contribution is 7.99. The molecular formula is C21H26N6O3S. The summed E-state index contributed by atoms with van der Waals surface area (Å²) < 4.78 is 4.12. The Hall–Kier alpha value is -3.14. The van der Waals surface area contributed by atoms with E-state index >= 15 is 0 Å². The van der Waals surface area contributed by atoms with E-state index in [0.717, 1.165) is 10.1 Å². The van der Waals surface area contributed by atoms with Crippen molar-refractivity contribution >= 4 is 23.4 Å². The fourth-order valence-electron chi connectivity index (χ4n) is 3.27. The monoisotopic (exact) mass is 442 g/mol. The van der Waals surface area contributed by atoms with E-state index in [1.54, 1.807) is 0 Å². The average Bonchev–Trinajstić information content (AvgIpc) is 3.17. The van der Waals surface area contributed by atoms with Gasteiger partial charge in [-0.2, -0.15) is 0 Å². The van der Waals surface area contributed by atoms with E-state index in [1.807, 2.05) is 55.7 Å². The van der Waals surface area contributed by atoms with Gasteiger partial charge in [-0.1, -0.05) is 55.9 Å². The van der Waals surface area contributed by atoms with Gasteiger partial charge in [0.05, 0.1) is 5.75 Å². The van der Waals surface area contributed by atoms with Crippen LogP contribution in [0, 0.1) is 5.92 Å². The zero-order chi connectivity index (χ0) is 22.7. The number of thioether (sulfide) groups is 1. The molecule has 164 valence electrons. The first kappa shape index (κ1) is 22.5. The van der Waals surface area contributed by atoms with E-state index in [0.29, 0.717) is 24.1 Å². The van der Waals surface area contributed by atoms with Crippen molar-refractivity contribution in [2.75, 3.05) is 11.5 Å². The molecule has 0 saturated heterocycles. The number of benzene rings is 1. The van der Waals surface area contributed by atoms with Gasteiger partial charge in [0.25, 0.3) is 5.56 Å². The molecule has 0 aliphatic carbocycles. The maximum Gasteiger partial charge on any atom is 0.332 e. The Morgan fingerprint density at radius 2 is 1.81 bits per heavy atom. The molecule has 2 heterocycles. The summed E-state index contributed by atoms with van der Waals surface area (Å²) in [4.78, 5) is 38.0. The van der Waals surface area contributed by atoms with E-state index in [4.69, 9.17) is 5.73 Å². The number of ketones is 1. The van der Waals surface area contributed by atoms with Crippen LogP contribution in [0.5, 0.6) is 0 Å². The maximum absolute atomic E-state index is 13.0. The highest BCUT2D eigenvalue weighted by Crippen LogP contribution is 2.24. The molecule has 1 aromatic carbocycles. The molecule has 0 unspecified atom stereocenters. The van der Waals surface area contributed by atoms with Crippen molar-refractivity contribution in [2.45, 2.75) is 39.0 Å². The quantitative estimate of drug-likeness (QED) is 0.419. The van der Waals surface area contributed by atoms with Crippen LogP contribution in [0.3, 0.4) is 0 Å². The first-order valence-electron chi connectivity index (χ1n) is 10.00. The van der Waals surface area contributed by atoms with Crippen LogP contribution in [-0.2, 0) is 20.1 Å². The van der Waals surface area contributed by atoms with Gasteiger partial charge < -0.3 is 10.3 Å².